The van der Waals surface area contributed by atoms with Crippen molar-refractivity contribution >= 4 is 0 Å². The number of unbranched alkanes of at least 4 members (excludes halogenated alkanes) is 1. The fraction of sp³-hybridized carbons (Fsp3) is 0.500. The Bertz CT molecular complexity index is 352. The Morgan fingerprint density at radius 1 is 1.29 bits per heavy atom. The zero-order valence-corrected chi connectivity index (χ0v) is 9.63. The first-order valence-corrected chi connectivity index (χ1v) is 5.50. The Hall–Kier alpha value is -1.23. The van der Waals surface area contributed by atoms with Gasteiger partial charge in [-0.05, 0) is 12.5 Å². The van der Waals surface area contributed by atoms with Crippen LogP contribution in [0.25, 0.3) is 0 Å². The van der Waals surface area contributed by atoms with Crippen LogP contribution in [-0.2, 0) is 0 Å². The first-order chi connectivity index (χ1) is 7.96. The van der Waals surface area contributed by atoms with E-state index in [2.05, 4.69) is 0 Å². The molecule has 0 spiro atoms. The van der Waals surface area contributed by atoms with E-state index >= 15 is 0 Å². The molecule has 1 aromatic rings. The molecule has 0 aliphatic heterocycles. The number of rotatable bonds is 5. The van der Waals surface area contributed by atoms with Gasteiger partial charge in [0.25, 0.3) is 0 Å². The van der Waals surface area contributed by atoms with Gasteiger partial charge in [-0.2, -0.15) is 13.2 Å². The minimum atomic E-state index is -4.45. The third-order valence-corrected chi connectivity index (χ3v) is 2.36. The molecule has 0 saturated heterocycles. The molecule has 0 aromatic heterocycles. The molecule has 96 valence electrons. The summed E-state index contributed by atoms with van der Waals surface area (Å²) in [5, 5.41) is 0. The highest BCUT2D eigenvalue weighted by molar-refractivity contribution is 5.36. The molecule has 1 aromatic carbocycles. The van der Waals surface area contributed by atoms with E-state index in [0.29, 0.717) is 6.61 Å². The van der Waals surface area contributed by atoms with Gasteiger partial charge in [0.15, 0.2) is 0 Å². The summed E-state index contributed by atoms with van der Waals surface area (Å²) >= 11 is 0. The van der Waals surface area contributed by atoms with Crippen LogP contribution in [0.15, 0.2) is 24.3 Å². The third-order valence-electron chi connectivity index (χ3n) is 2.36. The monoisotopic (exact) mass is 247 g/mol. The molecule has 5 heteroatoms. The quantitative estimate of drug-likeness (QED) is 0.809. The van der Waals surface area contributed by atoms with Gasteiger partial charge >= 0.3 is 6.18 Å². The van der Waals surface area contributed by atoms with E-state index in [-0.39, 0.29) is 11.3 Å². The summed E-state index contributed by atoms with van der Waals surface area (Å²) in [5.74, 6) is 0.214. The standard InChI is InChI=1S/C12H16F3NO/c1-2-3-8-17-10-7-5-4-6-9(10)11(16)12(13,14)15/h4-7,11H,2-3,8,16H2,1H3/t11-/m0/s1. The van der Waals surface area contributed by atoms with Crippen molar-refractivity contribution in [1.82, 2.24) is 0 Å². The average Bonchev–Trinajstić information content (AvgIpc) is 2.28. The fourth-order valence-corrected chi connectivity index (χ4v) is 1.37. The van der Waals surface area contributed by atoms with Crippen molar-refractivity contribution in [3.05, 3.63) is 29.8 Å². The number of hydrogen-bond acceptors (Lipinski definition) is 2. The Morgan fingerprint density at radius 2 is 1.94 bits per heavy atom. The number of halogens is 3. The maximum Gasteiger partial charge on any atom is 0.407 e. The molecular formula is C12H16F3NO. The average molecular weight is 247 g/mol. The molecule has 0 unspecified atom stereocenters. The third kappa shape index (κ3) is 3.93. The topological polar surface area (TPSA) is 35.2 Å². The number of alkyl halides is 3. The largest absolute Gasteiger partial charge is 0.493 e. The first kappa shape index (κ1) is 13.8. The van der Waals surface area contributed by atoms with Crippen LogP contribution >= 0.6 is 0 Å². The van der Waals surface area contributed by atoms with E-state index < -0.39 is 12.2 Å². The van der Waals surface area contributed by atoms with Crippen LogP contribution in [0, 0.1) is 0 Å². The molecule has 0 aliphatic carbocycles. The summed E-state index contributed by atoms with van der Waals surface area (Å²) in [5.41, 5.74) is 5.15. The van der Waals surface area contributed by atoms with Crippen LogP contribution in [-0.4, -0.2) is 12.8 Å². The molecule has 0 radical (unpaired) electrons. The van der Waals surface area contributed by atoms with E-state index in [9.17, 15) is 13.2 Å². The highest BCUT2D eigenvalue weighted by atomic mass is 19.4. The van der Waals surface area contributed by atoms with Crippen molar-refractivity contribution in [2.24, 2.45) is 5.73 Å². The second-order valence-electron chi connectivity index (χ2n) is 3.76. The zero-order chi connectivity index (χ0) is 12.9. The molecule has 1 atom stereocenters. The van der Waals surface area contributed by atoms with E-state index in [4.69, 9.17) is 10.5 Å². The summed E-state index contributed by atoms with van der Waals surface area (Å²) in [6, 6.07) is 4.01. The van der Waals surface area contributed by atoms with E-state index in [1.165, 1.54) is 18.2 Å². The highest BCUT2D eigenvalue weighted by Crippen LogP contribution is 2.35. The molecule has 0 bridgehead atoms. The van der Waals surface area contributed by atoms with Crippen molar-refractivity contribution < 1.29 is 17.9 Å². The molecule has 0 aliphatic rings. The fourth-order valence-electron chi connectivity index (χ4n) is 1.37. The first-order valence-electron chi connectivity index (χ1n) is 5.50. The van der Waals surface area contributed by atoms with Crippen molar-refractivity contribution in [3.63, 3.8) is 0 Å². The van der Waals surface area contributed by atoms with E-state index in [1.807, 2.05) is 6.92 Å². The lowest BCUT2D eigenvalue weighted by Crippen LogP contribution is -2.28. The van der Waals surface area contributed by atoms with Crippen molar-refractivity contribution in [3.8, 4) is 5.75 Å². The van der Waals surface area contributed by atoms with Gasteiger partial charge in [0, 0.05) is 5.56 Å². The SMILES string of the molecule is CCCCOc1ccccc1[C@H](N)C(F)(F)F. The van der Waals surface area contributed by atoms with Gasteiger partial charge in [-0.25, -0.2) is 0 Å². The minimum Gasteiger partial charge on any atom is -0.493 e. The minimum absolute atomic E-state index is 0.0175. The maximum atomic E-state index is 12.5. The van der Waals surface area contributed by atoms with Gasteiger partial charge in [-0.15, -0.1) is 0 Å². The Labute approximate surface area is 98.6 Å². The summed E-state index contributed by atoms with van der Waals surface area (Å²) in [7, 11) is 0. The number of benzene rings is 1. The molecule has 0 amide bonds. The molecule has 0 heterocycles. The van der Waals surface area contributed by atoms with Crippen LogP contribution in [0.2, 0.25) is 0 Å². The van der Waals surface area contributed by atoms with Crippen LogP contribution in [0.3, 0.4) is 0 Å². The summed E-state index contributed by atoms with van der Waals surface area (Å²) in [4.78, 5) is 0. The lowest BCUT2D eigenvalue weighted by Gasteiger charge is -2.19. The summed E-state index contributed by atoms with van der Waals surface area (Å²) in [6.07, 6.45) is -2.73. The van der Waals surface area contributed by atoms with Crippen molar-refractivity contribution in [1.29, 1.82) is 0 Å². The van der Waals surface area contributed by atoms with Gasteiger partial charge in [0.05, 0.1) is 6.61 Å². The summed E-state index contributed by atoms with van der Waals surface area (Å²) < 4.78 is 42.9. The Kier molecular flexibility index (Phi) is 4.81. The number of hydrogen-bond donors (Lipinski definition) is 1. The van der Waals surface area contributed by atoms with Gasteiger partial charge in [0.1, 0.15) is 11.8 Å². The van der Waals surface area contributed by atoms with Gasteiger partial charge in [0.2, 0.25) is 0 Å². The molecule has 2 N–H and O–H groups in total. The molecule has 1 rings (SSSR count). The number of para-hydroxylation sites is 1. The number of nitrogens with two attached hydrogens (primary N) is 1. The Morgan fingerprint density at radius 3 is 2.53 bits per heavy atom. The van der Waals surface area contributed by atoms with Crippen molar-refractivity contribution in [2.45, 2.75) is 32.0 Å². The predicted molar refractivity (Wildman–Crippen MR) is 59.8 cm³/mol. The lowest BCUT2D eigenvalue weighted by atomic mass is 10.1. The Balaban J connectivity index is 2.84. The summed E-state index contributed by atoms with van der Waals surface area (Å²) in [6.45, 7) is 2.38. The van der Waals surface area contributed by atoms with Gasteiger partial charge in [-0.1, -0.05) is 31.5 Å². The van der Waals surface area contributed by atoms with Crippen LogP contribution < -0.4 is 10.5 Å². The normalized spacial score (nSPS) is 13.5. The van der Waals surface area contributed by atoms with Gasteiger partial charge in [-0.3, -0.25) is 0 Å². The lowest BCUT2D eigenvalue weighted by molar-refractivity contribution is -0.149. The van der Waals surface area contributed by atoms with Crippen LogP contribution in [0.1, 0.15) is 31.4 Å². The molecular weight excluding hydrogens is 231 g/mol. The molecule has 17 heavy (non-hydrogen) atoms. The van der Waals surface area contributed by atoms with E-state index in [1.54, 1.807) is 6.07 Å². The van der Waals surface area contributed by atoms with E-state index in [0.717, 1.165) is 12.8 Å². The van der Waals surface area contributed by atoms with Crippen LogP contribution in [0.4, 0.5) is 13.2 Å². The second-order valence-corrected chi connectivity index (χ2v) is 3.76. The molecule has 2 nitrogen and oxygen atoms in total. The molecule has 0 fully saturated rings. The van der Waals surface area contributed by atoms with Gasteiger partial charge < -0.3 is 10.5 Å². The van der Waals surface area contributed by atoms with Crippen LogP contribution in [0.5, 0.6) is 5.75 Å². The highest BCUT2D eigenvalue weighted by Gasteiger charge is 2.39. The smallest absolute Gasteiger partial charge is 0.407 e. The second kappa shape index (κ2) is 5.91. The maximum absolute atomic E-state index is 12.5. The zero-order valence-electron chi connectivity index (χ0n) is 9.63. The predicted octanol–water partition coefficient (Wildman–Crippen LogP) is 3.43. The number of ether oxygens (including phenoxy) is 1. The molecule has 0 saturated carbocycles. The van der Waals surface area contributed by atoms with Crippen molar-refractivity contribution in [2.75, 3.05) is 6.61 Å².